The Kier molecular flexibility index (Phi) is 6.87. The Morgan fingerprint density at radius 2 is 1.37 bits per heavy atom. The van der Waals surface area contributed by atoms with E-state index in [1.165, 1.54) is 56.1 Å². The minimum absolute atomic E-state index is 0.0427. The van der Waals surface area contributed by atoms with Gasteiger partial charge in [-0.25, -0.2) is 9.97 Å². The summed E-state index contributed by atoms with van der Waals surface area (Å²) in [6, 6.07) is 46.7. The van der Waals surface area contributed by atoms with Gasteiger partial charge in [0.05, 0.1) is 0 Å². The minimum Gasteiger partial charge on any atom is -0.337 e. The Morgan fingerprint density at radius 3 is 2.19 bits per heavy atom. The number of rotatable bonds is 4. The van der Waals surface area contributed by atoms with Gasteiger partial charge < -0.3 is 14.7 Å². The van der Waals surface area contributed by atoms with Crippen molar-refractivity contribution in [2.75, 3.05) is 14.7 Å². The van der Waals surface area contributed by atoms with Crippen LogP contribution in [0.4, 0.5) is 34.4 Å². The quantitative estimate of drug-likeness (QED) is 0.186. The number of benzene rings is 5. The minimum atomic E-state index is 0.0427. The molecule has 6 aliphatic rings. The maximum Gasteiger partial charge on any atom is 0.178 e. The first-order chi connectivity index (χ1) is 25.7. The molecule has 5 aliphatic heterocycles. The van der Waals surface area contributed by atoms with Crippen molar-refractivity contribution in [3.8, 4) is 0 Å². The summed E-state index contributed by atoms with van der Waals surface area (Å²) in [5.41, 5.74) is 13.8. The molecule has 0 amide bonds. The van der Waals surface area contributed by atoms with Crippen LogP contribution < -0.4 is 14.7 Å². The van der Waals surface area contributed by atoms with Gasteiger partial charge in [-0.15, -0.1) is 0 Å². The molecule has 52 heavy (non-hydrogen) atoms. The van der Waals surface area contributed by atoms with Gasteiger partial charge in [0, 0.05) is 53.0 Å². The highest BCUT2D eigenvalue weighted by molar-refractivity contribution is 5.85. The second kappa shape index (κ2) is 11.8. The van der Waals surface area contributed by atoms with Gasteiger partial charge in [0.1, 0.15) is 6.17 Å². The van der Waals surface area contributed by atoms with Gasteiger partial charge >= 0.3 is 0 Å². The van der Waals surface area contributed by atoms with Crippen LogP contribution >= 0.6 is 0 Å². The lowest BCUT2D eigenvalue weighted by atomic mass is 9.72. The smallest absolute Gasteiger partial charge is 0.178 e. The third-order valence-corrected chi connectivity index (χ3v) is 13.1. The van der Waals surface area contributed by atoms with E-state index in [9.17, 15) is 0 Å². The van der Waals surface area contributed by atoms with Gasteiger partial charge in [-0.1, -0.05) is 91.0 Å². The Morgan fingerprint density at radius 1 is 0.635 bits per heavy atom. The molecule has 5 heteroatoms. The van der Waals surface area contributed by atoms with Crippen LogP contribution in [0.1, 0.15) is 64.5 Å². The van der Waals surface area contributed by atoms with Crippen LogP contribution in [0.15, 0.2) is 134 Å². The molecule has 6 aromatic rings. The molecule has 6 atom stereocenters. The lowest BCUT2D eigenvalue weighted by Gasteiger charge is -2.47. The number of fused-ring (bicyclic) bond motifs is 7. The zero-order chi connectivity index (χ0) is 34.3. The summed E-state index contributed by atoms with van der Waals surface area (Å²) < 4.78 is 0. The molecule has 6 heterocycles. The zero-order valence-electron chi connectivity index (χ0n) is 29.6. The van der Waals surface area contributed by atoms with E-state index in [0.29, 0.717) is 23.7 Å². The number of anilines is 6. The molecular formula is C47H43N5. The summed E-state index contributed by atoms with van der Waals surface area (Å²) in [7, 11) is 0. The summed E-state index contributed by atoms with van der Waals surface area (Å²) in [5, 5.41) is 0. The van der Waals surface area contributed by atoms with Crippen LogP contribution in [0.2, 0.25) is 0 Å². The largest absolute Gasteiger partial charge is 0.337 e. The third kappa shape index (κ3) is 4.61. The van der Waals surface area contributed by atoms with Crippen LogP contribution in [-0.4, -0.2) is 22.2 Å². The van der Waals surface area contributed by atoms with Gasteiger partial charge in [-0.2, -0.15) is 0 Å². The van der Waals surface area contributed by atoms with E-state index in [-0.39, 0.29) is 12.2 Å². The summed E-state index contributed by atoms with van der Waals surface area (Å²) >= 11 is 0. The van der Waals surface area contributed by atoms with E-state index in [1.807, 2.05) is 12.4 Å². The average molecular weight is 678 g/mol. The second-order valence-corrected chi connectivity index (χ2v) is 15.8. The lowest BCUT2D eigenvalue weighted by Crippen LogP contribution is -2.50. The van der Waals surface area contributed by atoms with E-state index in [0.717, 1.165) is 50.2 Å². The molecule has 5 aromatic carbocycles. The molecule has 6 unspecified atom stereocenters. The van der Waals surface area contributed by atoms with Crippen molar-refractivity contribution in [2.45, 2.75) is 69.5 Å². The average Bonchev–Trinajstić information content (AvgIpc) is 3.64. The number of hydrogen-bond acceptors (Lipinski definition) is 5. The van der Waals surface area contributed by atoms with E-state index in [2.05, 4.69) is 143 Å². The van der Waals surface area contributed by atoms with Gasteiger partial charge in [0.2, 0.25) is 0 Å². The van der Waals surface area contributed by atoms with Crippen molar-refractivity contribution in [1.82, 2.24) is 9.97 Å². The number of aryl methyl sites for hydroxylation is 2. The lowest BCUT2D eigenvalue weighted by molar-refractivity contribution is 0.248. The van der Waals surface area contributed by atoms with E-state index >= 15 is 0 Å². The topological polar surface area (TPSA) is 35.5 Å². The Balaban J connectivity index is 1.15. The first-order valence-corrected chi connectivity index (χ1v) is 19.3. The molecular weight excluding hydrogens is 635 g/mol. The summed E-state index contributed by atoms with van der Waals surface area (Å²) in [4.78, 5) is 18.2. The molecule has 0 spiro atoms. The van der Waals surface area contributed by atoms with E-state index < -0.39 is 0 Å². The van der Waals surface area contributed by atoms with Gasteiger partial charge in [0.15, 0.2) is 11.6 Å². The number of aromatic nitrogens is 2. The first kappa shape index (κ1) is 30.2. The fourth-order valence-electron chi connectivity index (χ4n) is 10.9. The van der Waals surface area contributed by atoms with Gasteiger partial charge in [-0.3, -0.25) is 0 Å². The zero-order valence-corrected chi connectivity index (χ0v) is 29.6. The molecule has 256 valence electrons. The highest BCUT2D eigenvalue weighted by Crippen LogP contribution is 2.57. The van der Waals surface area contributed by atoms with Crippen molar-refractivity contribution in [2.24, 2.45) is 11.8 Å². The van der Waals surface area contributed by atoms with Crippen LogP contribution in [0.25, 0.3) is 0 Å². The highest BCUT2D eigenvalue weighted by atomic mass is 15.5. The van der Waals surface area contributed by atoms with Crippen molar-refractivity contribution < 1.29 is 0 Å². The Labute approximate surface area is 306 Å². The standard InChI is InChI=1S/C47H43N5/c1-30-9-5-7-13-41(30)51-42-14-8-6-12-34(42)18-21-38(33-10-3-2-4-11-33)44(51)29-36-28-35-25-31-15-19-37(20-16-31)50-45-46(49-24-23-48-45)52(47(36)50)43-22-17-32-26-39(35)40(43)27-32/h2-17,19-20,22-24,27,35-36,38-39,44,47H,18,21,25-26,28-29H2,1H3. The molecule has 0 radical (unpaired) electrons. The van der Waals surface area contributed by atoms with Crippen LogP contribution in [0.3, 0.4) is 0 Å². The fourth-order valence-corrected chi connectivity index (χ4v) is 10.9. The normalized spacial score (nSPS) is 25.0. The Bertz CT molecular complexity index is 2300. The van der Waals surface area contributed by atoms with Crippen molar-refractivity contribution >= 4 is 34.4 Å². The highest BCUT2D eigenvalue weighted by Gasteiger charge is 2.51. The summed E-state index contributed by atoms with van der Waals surface area (Å²) in [6.45, 7) is 2.29. The summed E-state index contributed by atoms with van der Waals surface area (Å²) in [6.07, 6.45) is 10.4. The van der Waals surface area contributed by atoms with Crippen molar-refractivity contribution in [3.05, 3.63) is 167 Å². The molecule has 0 saturated carbocycles. The van der Waals surface area contributed by atoms with Crippen LogP contribution in [0.5, 0.6) is 0 Å². The third-order valence-electron chi connectivity index (χ3n) is 13.1. The maximum absolute atomic E-state index is 5.14. The molecule has 1 aromatic heterocycles. The monoisotopic (exact) mass is 677 g/mol. The summed E-state index contributed by atoms with van der Waals surface area (Å²) in [5.74, 6) is 3.65. The van der Waals surface area contributed by atoms with Crippen LogP contribution in [0, 0.1) is 18.8 Å². The maximum atomic E-state index is 5.14. The van der Waals surface area contributed by atoms with E-state index in [4.69, 9.17) is 9.97 Å². The first-order valence-electron chi connectivity index (χ1n) is 19.3. The second-order valence-electron chi connectivity index (χ2n) is 15.8. The molecule has 6 bridgehead atoms. The Hall–Kier alpha value is -5.42. The van der Waals surface area contributed by atoms with Crippen molar-refractivity contribution in [3.63, 3.8) is 0 Å². The molecule has 0 saturated heterocycles. The van der Waals surface area contributed by atoms with Crippen LogP contribution in [-0.2, 0) is 19.3 Å². The molecule has 0 fully saturated rings. The van der Waals surface area contributed by atoms with Gasteiger partial charge in [0.25, 0.3) is 0 Å². The SMILES string of the molecule is Cc1ccccc1N1c2ccccc2CCC(c2ccccc2)C1CC1CC2Cc3ccc(cc3)N3c4nccnc4N(c4ccc5cc4C2C5)C13. The number of hydrogen-bond donors (Lipinski definition) is 0. The van der Waals surface area contributed by atoms with Gasteiger partial charge in [-0.05, 0) is 121 Å². The molecule has 1 aliphatic carbocycles. The fraction of sp³-hybridized carbons (Fsp3) is 0.277. The number of para-hydroxylation sites is 2. The predicted molar refractivity (Wildman–Crippen MR) is 210 cm³/mol. The molecule has 0 N–H and O–H groups in total. The molecule has 12 rings (SSSR count). The van der Waals surface area contributed by atoms with E-state index in [1.54, 1.807) is 0 Å². The molecule has 5 nitrogen and oxygen atoms in total. The van der Waals surface area contributed by atoms with Crippen molar-refractivity contribution in [1.29, 1.82) is 0 Å². The predicted octanol–water partition coefficient (Wildman–Crippen LogP) is 10.6. The number of nitrogens with zero attached hydrogens (tertiary/aromatic N) is 5.